The highest BCUT2D eigenvalue weighted by Crippen LogP contribution is 2.35. The zero-order valence-electron chi connectivity index (χ0n) is 33.2. The summed E-state index contributed by atoms with van der Waals surface area (Å²) >= 11 is 0. The molecule has 2 aliphatic heterocycles. The molecule has 11 heteroatoms. The van der Waals surface area contributed by atoms with Crippen LogP contribution in [0.15, 0.2) is 152 Å². The van der Waals surface area contributed by atoms with Gasteiger partial charge in [0.2, 0.25) is 0 Å². The summed E-state index contributed by atoms with van der Waals surface area (Å²) < 4.78 is 59.0. The SMILES string of the molecule is CO[C@H]1O[C@H](COCc2ccccc2)[C@@H](O[C@H]2O[C@H](CO)[C@H](O)[C@H](OCc3ccccc3)[C@H]2OCc2ccccc2)[C@H](OCc2ccccc2)[C@H]1OCc1ccccc1. The standard InChI is InChI=1S/C48H54O11/c1-51-47-46(56-32-38-25-15-6-16-26-38)44(54-30-36-21-11-4-12-22-36)42(40(58-47)33-52-28-34-17-7-2-8-18-34)59-48-45(55-31-37-23-13-5-14-24-37)43(41(50)39(27-49)57-48)53-29-35-19-9-3-10-20-35/h2-26,39-50H,27-33H2,1H3/t39-,40-,41+,42-,43+,44+,45-,46-,47+,48-/m1/s1. The normalized spacial score (nSPS) is 27.0. The van der Waals surface area contributed by atoms with E-state index < -0.39 is 68.0 Å². The zero-order chi connectivity index (χ0) is 40.7. The number of benzene rings is 5. The van der Waals surface area contributed by atoms with Gasteiger partial charge in [-0.25, -0.2) is 0 Å². The minimum absolute atomic E-state index is 0.0955. The molecule has 2 aliphatic rings. The smallest absolute Gasteiger partial charge is 0.187 e. The number of ether oxygens (including phenoxy) is 9. The summed E-state index contributed by atoms with van der Waals surface area (Å²) in [7, 11) is 1.57. The fourth-order valence-corrected chi connectivity index (χ4v) is 7.34. The Morgan fingerprint density at radius 1 is 0.441 bits per heavy atom. The van der Waals surface area contributed by atoms with E-state index in [0.29, 0.717) is 6.61 Å². The van der Waals surface area contributed by atoms with Crippen molar-refractivity contribution in [3.05, 3.63) is 179 Å². The second kappa shape index (κ2) is 22.3. The van der Waals surface area contributed by atoms with Gasteiger partial charge in [0.05, 0.1) is 46.2 Å². The largest absolute Gasteiger partial charge is 0.394 e. The van der Waals surface area contributed by atoms with Crippen LogP contribution in [0.1, 0.15) is 27.8 Å². The predicted molar refractivity (Wildman–Crippen MR) is 218 cm³/mol. The highest BCUT2D eigenvalue weighted by Gasteiger charge is 2.53. The summed E-state index contributed by atoms with van der Waals surface area (Å²) in [5.74, 6) is 0. The van der Waals surface area contributed by atoms with Crippen molar-refractivity contribution in [2.24, 2.45) is 0 Å². The Morgan fingerprint density at radius 2 is 0.814 bits per heavy atom. The maximum atomic E-state index is 11.7. The Kier molecular flexibility index (Phi) is 16.2. The van der Waals surface area contributed by atoms with Gasteiger partial charge in [0.1, 0.15) is 48.8 Å². The molecule has 0 aliphatic carbocycles. The molecule has 11 nitrogen and oxygen atoms in total. The molecule has 2 N–H and O–H groups in total. The van der Waals surface area contributed by atoms with Crippen LogP contribution in [0.4, 0.5) is 0 Å². The fourth-order valence-electron chi connectivity index (χ4n) is 7.34. The van der Waals surface area contributed by atoms with E-state index in [0.717, 1.165) is 27.8 Å². The fraction of sp³-hybridized carbons (Fsp3) is 0.375. The molecule has 0 radical (unpaired) electrons. The molecule has 312 valence electrons. The van der Waals surface area contributed by atoms with Gasteiger partial charge in [0.25, 0.3) is 0 Å². The Bertz CT molecular complexity index is 1890. The third kappa shape index (κ3) is 11.9. The molecule has 0 saturated carbocycles. The summed E-state index contributed by atoms with van der Waals surface area (Å²) in [4.78, 5) is 0. The van der Waals surface area contributed by atoms with Gasteiger partial charge in [-0.2, -0.15) is 0 Å². The average Bonchev–Trinajstić information content (AvgIpc) is 3.29. The van der Waals surface area contributed by atoms with Gasteiger partial charge < -0.3 is 52.8 Å². The van der Waals surface area contributed by atoms with Crippen molar-refractivity contribution in [1.82, 2.24) is 0 Å². The van der Waals surface area contributed by atoms with Gasteiger partial charge >= 0.3 is 0 Å². The number of rotatable bonds is 20. The molecule has 59 heavy (non-hydrogen) atoms. The van der Waals surface area contributed by atoms with Gasteiger partial charge in [-0.3, -0.25) is 0 Å². The molecule has 2 fully saturated rings. The first-order chi connectivity index (χ1) is 29.1. The number of hydrogen-bond donors (Lipinski definition) is 2. The maximum absolute atomic E-state index is 11.7. The summed E-state index contributed by atoms with van der Waals surface area (Å²) in [6, 6.07) is 48.9. The summed E-state index contributed by atoms with van der Waals surface area (Å²) in [5, 5.41) is 22.2. The van der Waals surface area contributed by atoms with Crippen LogP contribution in [0.5, 0.6) is 0 Å². The van der Waals surface area contributed by atoms with Crippen molar-refractivity contribution in [1.29, 1.82) is 0 Å². The molecule has 2 saturated heterocycles. The van der Waals surface area contributed by atoms with Crippen molar-refractivity contribution in [3.63, 3.8) is 0 Å². The van der Waals surface area contributed by atoms with E-state index in [4.69, 9.17) is 42.6 Å². The third-order valence-corrected chi connectivity index (χ3v) is 10.4. The van der Waals surface area contributed by atoms with Gasteiger partial charge in [-0.1, -0.05) is 152 Å². The van der Waals surface area contributed by atoms with E-state index in [1.807, 2.05) is 152 Å². The van der Waals surface area contributed by atoms with E-state index in [9.17, 15) is 10.2 Å². The van der Waals surface area contributed by atoms with Crippen molar-refractivity contribution in [2.45, 2.75) is 94.4 Å². The summed E-state index contributed by atoms with van der Waals surface area (Å²) in [6.07, 6.45) is -9.54. The van der Waals surface area contributed by atoms with E-state index >= 15 is 0 Å². The number of aliphatic hydroxyl groups excluding tert-OH is 2. The molecule has 2 heterocycles. The molecule has 0 amide bonds. The Hall–Kier alpha value is -4.34. The Morgan fingerprint density at radius 3 is 1.24 bits per heavy atom. The number of hydrogen-bond acceptors (Lipinski definition) is 11. The van der Waals surface area contributed by atoms with Crippen molar-refractivity contribution < 1.29 is 52.8 Å². The summed E-state index contributed by atoms with van der Waals surface area (Å²) in [5.41, 5.74) is 4.70. The van der Waals surface area contributed by atoms with Gasteiger partial charge in [-0.05, 0) is 27.8 Å². The monoisotopic (exact) mass is 806 g/mol. The molecule has 0 aromatic heterocycles. The molecular weight excluding hydrogens is 753 g/mol. The van der Waals surface area contributed by atoms with E-state index in [2.05, 4.69) is 0 Å². The topological polar surface area (TPSA) is 124 Å². The molecule has 5 aromatic rings. The van der Waals surface area contributed by atoms with E-state index in [-0.39, 0.29) is 33.0 Å². The lowest BCUT2D eigenvalue weighted by molar-refractivity contribution is -0.373. The van der Waals surface area contributed by atoms with Crippen LogP contribution >= 0.6 is 0 Å². The van der Waals surface area contributed by atoms with Crippen molar-refractivity contribution >= 4 is 0 Å². The Balaban J connectivity index is 1.23. The lowest BCUT2D eigenvalue weighted by Crippen LogP contribution is -2.66. The van der Waals surface area contributed by atoms with Crippen LogP contribution in [0.3, 0.4) is 0 Å². The highest BCUT2D eigenvalue weighted by molar-refractivity contribution is 5.17. The molecule has 0 bridgehead atoms. The lowest BCUT2D eigenvalue weighted by Gasteiger charge is -2.49. The highest BCUT2D eigenvalue weighted by atomic mass is 16.8. The lowest BCUT2D eigenvalue weighted by atomic mass is 9.96. The van der Waals surface area contributed by atoms with Gasteiger partial charge in [0, 0.05) is 7.11 Å². The second-order valence-electron chi connectivity index (χ2n) is 14.6. The molecule has 0 spiro atoms. The van der Waals surface area contributed by atoms with E-state index in [1.54, 1.807) is 7.11 Å². The second-order valence-corrected chi connectivity index (χ2v) is 14.6. The first-order valence-corrected chi connectivity index (χ1v) is 20.1. The first kappa shape index (κ1) is 42.8. The van der Waals surface area contributed by atoms with Crippen LogP contribution in [-0.2, 0) is 75.7 Å². The number of aliphatic hydroxyl groups is 2. The van der Waals surface area contributed by atoms with Crippen molar-refractivity contribution in [2.75, 3.05) is 20.3 Å². The van der Waals surface area contributed by atoms with Crippen LogP contribution in [0, 0.1) is 0 Å². The average molecular weight is 807 g/mol. The van der Waals surface area contributed by atoms with Gasteiger partial charge in [-0.15, -0.1) is 0 Å². The molecule has 7 rings (SSSR count). The molecular formula is C48H54O11. The predicted octanol–water partition coefficient (Wildman–Crippen LogP) is 6.38. The summed E-state index contributed by atoms with van der Waals surface area (Å²) in [6.45, 7) is 0.747. The third-order valence-electron chi connectivity index (χ3n) is 10.4. The van der Waals surface area contributed by atoms with E-state index in [1.165, 1.54) is 0 Å². The van der Waals surface area contributed by atoms with Crippen LogP contribution < -0.4 is 0 Å². The quantitative estimate of drug-likeness (QED) is 0.0912. The number of methoxy groups -OCH3 is 1. The molecule has 0 unspecified atom stereocenters. The minimum Gasteiger partial charge on any atom is -0.394 e. The molecule has 5 aromatic carbocycles. The van der Waals surface area contributed by atoms with Gasteiger partial charge in [0.15, 0.2) is 12.6 Å². The molecule has 10 atom stereocenters. The van der Waals surface area contributed by atoms with Crippen LogP contribution in [-0.4, -0.2) is 91.9 Å². The van der Waals surface area contributed by atoms with Crippen LogP contribution in [0.2, 0.25) is 0 Å². The van der Waals surface area contributed by atoms with Crippen LogP contribution in [0.25, 0.3) is 0 Å². The maximum Gasteiger partial charge on any atom is 0.187 e. The zero-order valence-corrected chi connectivity index (χ0v) is 33.2. The minimum atomic E-state index is -1.25. The van der Waals surface area contributed by atoms with Crippen molar-refractivity contribution in [3.8, 4) is 0 Å². The first-order valence-electron chi connectivity index (χ1n) is 20.1. The Labute approximate surface area is 346 Å².